The third-order valence-corrected chi connectivity index (χ3v) is 4.03. The second-order valence-corrected chi connectivity index (χ2v) is 5.75. The minimum absolute atomic E-state index is 0.0617. The van der Waals surface area contributed by atoms with Crippen molar-refractivity contribution < 1.29 is 4.74 Å². The highest BCUT2D eigenvalue weighted by Gasteiger charge is 2.24. The summed E-state index contributed by atoms with van der Waals surface area (Å²) < 4.78 is 5.71. The van der Waals surface area contributed by atoms with Gasteiger partial charge in [0, 0.05) is 23.7 Å². The van der Waals surface area contributed by atoms with Gasteiger partial charge in [0.1, 0.15) is 11.3 Å². The number of hydrogen-bond acceptors (Lipinski definition) is 4. The number of thioether (sulfide) groups is 1. The van der Waals surface area contributed by atoms with E-state index in [0.717, 1.165) is 28.6 Å². The maximum absolute atomic E-state index is 6.20. The normalized spacial score (nSPS) is 16.3. The summed E-state index contributed by atoms with van der Waals surface area (Å²) in [6, 6.07) is 0. The van der Waals surface area contributed by atoms with E-state index in [-0.39, 0.29) is 6.10 Å². The molecule has 0 saturated carbocycles. The van der Waals surface area contributed by atoms with Crippen LogP contribution in [0.3, 0.4) is 0 Å². The Morgan fingerprint density at radius 1 is 1.35 bits per heavy atom. The zero-order valence-corrected chi connectivity index (χ0v) is 11.9. The highest BCUT2D eigenvalue weighted by atomic mass is 35.5. The molecule has 1 atom stereocenters. The topological polar surface area (TPSA) is 35.0 Å². The quantitative estimate of drug-likeness (QED) is 0.785. The Balaban J connectivity index is 2.34. The molecular formula is C12H17ClN2OS. The van der Waals surface area contributed by atoms with Gasteiger partial charge in [0.15, 0.2) is 5.82 Å². The Kier molecular flexibility index (Phi) is 4.28. The molecule has 1 aliphatic rings. The van der Waals surface area contributed by atoms with Crippen LogP contribution in [-0.2, 0) is 16.2 Å². The van der Waals surface area contributed by atoms with Crippen LogP contribution in [0.1, 0.15) is 44.0 Å². The molecule has 2 rings (SSSR count). The Bertz CT molecular complexity index is 412. The average molecular weight is 273 g/mol. The highest BCUT2D eigenvalue weighted by molar-refractivity contribution is 7.98. The molecule has 94 valence electrons. The van der Waals surface area contributed by atoms with E-state index in [1.807, 2.05) is 18.7 Å². The molecule has 0 N–H and O–H groups in total. The molecule has 1 aromatic heterocycles. The largest absolute Gasteiger partial charge is 0.370 e. The van der Waals surface area contributed by atoms with Crippen LogP contribution in [0.25, 0.3) is 0 Å². The van der Waals surface area contributed by atoms with Gasteiger partial charge in [-0.1, -0.05) is 25.4 Å². The Hall–Kier alpha value is -0.320. The van der Waals surface area contributed by atoms with E-state index >= 15 is 0 Å². The molecule has 0 aliphatic carbocycles. The predicted molar refractivity (Wildman–Crippen MR) is 71.2 cm³/mol. The van der Waals surface area contributed by atoms with Gasteiger partial charge < -0.3 is 4.74 Å². The average Bonchev–Trinajstić information content (AvgIpc) is 2.73. The monoisotopic (exact) mass is 272 g/mol. The van der Waals surface area contributed by atoms with E-state index in [9.17, 15) is 0 Å². The van der Waals surface area contributed by atoms with Crippen molar-refractivity contribution in [3.63, 3.8) is 0 Å². The first-order chi connectivity index (χ1) is 8.13. The van der Waals surface area contributed by atoms with E-state index in [4.69, 9.17) is 16.3 Å². The molecule has 0 saturated heterocycles. The summed E-state index contributed by atoms with van der Waals surface area (Å²) in [5.41, 5.74) is 2.18. The molecular weight excluding hydrogens is 256 g/mol. The molecule has 0 aromatic carbocycles. The Morgan fingerprint density at radius 2 is 2.12 bits per heavy atom. The number of hydrogen-bond donors (Lipinski definition) is 0. The van der Waals surface area contributed by atoms with Crippen LogP contribution in [0, 0.1) is 5.92 Å². The van der Waals surface area contributed by atoms with Crippen molar-refractivity contribution in [2.24, 2.45) is 5.92 Å². The third kappa shape index (κ3) is 2.75. The van der Waals surface area contributed by atoms with Crippen molar-refractivity contribution in [2.75, 3.05) is 6.61 Å². The molecule has 1 aromatic rings. The second kappa shape index (κ2) is 5.55. The second-order valence-electron chi connectivity index (χ2n) is 4.41. The smallest absolute Gasteiger partial charge is 0.159 e. The fourth-order valence-corrected chi connectivity index (χ4v) is 3.29. The molecule has 0 radical (unpaired) electrons. The van der Waals surface area contributed by atoms with Crippen molar-refractivity contribution in [3.05, 3.63) is 22.2 Å². The van der Waals surface area contributed by atoms with E-state index in [2.05, 4.69) is 23.8 Å². The van der Waals surface area contributed by atoms with Gasteiger partial charge >= 0.3 is 0 Å². The lowest BCUT2D eigenvalue weighted by Crippen LogP contribution is -2.16. The van der Waals surface area contributed by atoms with Crippen LogP contribution in [0.4, 0.5) is 0 Å². The van der Waals surface area contributed by atoms with E-state index in [1.165, 1.54) is 0 Å². The minimum Gasteiger partial charge on any atom is -0.370 e. The van der Waals surface area contributed by atoms with Crippen molar-refractivity contribution >= 4 is 23.4 Å². The fourth-order valence-electron chi connectivity index (χ4n) is 1.90. The van der Waals surface area contributed by atoms with Gasteiger partial charge in [-0.15, -0.1) is 0 Å². The lowest BCUT2D eigenvalue weighted by atomic mass is 10.1. The Labute approximate surface area is 111 Å². The first-order valence-corrected chi connectivity index (χ1v) is 7.41. The summed E-state index contributed by atoms with van der Waals surface area (Å²) in [7, 11) is 0. The lowest BCUT2D eigenvalue weighted by Gasteiger charge is -2.20. The molecule has 0 fully saturated rings. The van der Waals surface area contributed by atoms with Crippen molar-refractivity contribution in [2.45, 2.75) is 38.4 Å². The van der Waals surface area contributed by atoms with Crippen LogP contribution >= 0.6 is 23.4 Å². The van der Waals surface area contributed by atoms with E-state index < -0.39 is 0 Å². The zero-order chi connectivity index (χ0) is 12.4. The summed E-state index contributed by atoms with van der Waals surface area (Å²) in [6.07, 6.45) is -0.0617. The maximum Gasteiger partial charge on any atom is 0.159 e. The van der Waals surface area contributed by atoms with Gasteiger partial charge in [-0.3, -0.25) is 0 Å². The van der Waals surface area contributed by atoms with Crippen molar-refractivity contribution in [1.82, 2.24) is 9.97 Å². The SMILES string of the molecule is CCOC(c1nc(Cl)c2c(n1)CSC2)C(C)C. The first-order valence-electron chi connectivity index (χ1n) is 5.88. The summed E-state index contributed by atoms with van der Waals surface area (Å²) in [5, 5.41) is 0.598. The van der Waals surface area contributed by atoms with Crippen LogP contribution in [0.2, 0.25) is 5.15 Å². The summed E-state index contributed by atoms with van der Waals surface area (Å²) >= 11 is 8.04. The summed E-state index contributed by atoms with van der Waals surface area (Å²) in [6.45, 7) is 6.87. The van der Waals surface area contributed by atoms with Gasteiger partial charge in [0.25, 0.3) is 0 Å². The number of aromatic nitrogens is 2. The highest BCUT2D eigenvalue weighted by Crippen LogP contribution is 2.34. The van der Waals surface area contributed by atoms with E-state index in [1.54, 1.807) is 0 Å². The fraction of sp³-hybridized carbons (Fsp3) is 0.667. The van der Waals surface area contributed by atoms with Crippen LogP contribution in [0.5, 0.6) is 0 Å². The third-order valence-electron chi connectivity index (χ3n) is 2.75. The zero-order valence-electron chi connectivity index (χ0n) is 10.4. The van der Waals surface area contributed by atoms with Gasteiger partial charge in [-0.25, -0.2) is 9.97 Å². The van der Waals surface area contributed by atoms with E-state index in [0.29, 0.717) is 17.7 Å². The van der Waals surface area contributed by atoms with Gasteiger partial charge in [0.2, 0.25) is 0 Å². The van der Waals surface area contributed by atoms with Crippen LogP contribution in [-0.4, -0.2) is 16.6 Å². The molecule has 2 heterocycles. The predicted octanol–water partition coefficient (Wildman–Crippen LogP) is 3.61. The lowest BCUT2D eigenvalue weighted by molar-refractivity contribution is 0.0231. The van der Waals surface area contributed by atoms with Crippen LogP contribution < -0.4 is 0 Å². The number of nitrogens with zero attached hydrogens (tertiary/aromatic N) is 2. The summed E-state index contributed by atoms with van der Waals surface area (Å²) in [4.78, 5) is 9.01. The van der Waals surface area contributed by atoms with Crippen LogP contribution in [0.15, 0.2) is 0 Å². The maximum atomic E-state index is 6.20. The number of fused-ring (bicyclic) bond motifs is 1. The number of halogens is 1. The van der Waals surface area contributed by atoms with Crippen molar-refractivity contribution in [1.29, 1.82) is 0 Å². The Morgan fingerprint density at radius 3 is 2.76 bits per heavy atom. The standard InChI is InChI=1S/C12H17ClN2OS/c1-4-16-10(7(2)3)12-14-9-6-17-5-8(9)11(13)15-12/h7,10H,4-6H2,1-3H3. The molecule has 1 aliphatic heterocycles. The molecule has 0 bridgehead atoms. The first kappa shape index (κ1) is 13.1. The molecule has 0 spiro atoms. The molecule has 3 nitrogen and oxygen atoms in total. The molecule has 17 heavy (non-hydrogen) atoms. The van der Waals surface area contributed by atoms with Gasteiger partial charge in [-0.2, -0.15) is 11.8 Å². The van der Waals surface area contributed by atoms with Gasteiger partial charge in [0.05, 0.1) is 5.69 Å². The molecule has 0 amide bonds. The number of ether oxygens (including phenoxy) is 1. The minimum atomic E-state index is -0.0617. The molecule has 5 heteroatoms. The van der Waals surface area contributed by atoms with Gasteiger partial charge in [-0.05, 0) is 12.8 Å². The van der Waals surface area contributed by atoms with Crippen molar-refractivity contribution in [3.8, 4) is 0 Å². The summed E-state index contributed by atoms with van der Waals surface area (Å²) in [5.74, 6) is 2.93. The molecule has 1 unspecified atom stereocenters. The number of rotatable bonds is 4.